The van der Waals surface area contributed by atoms with E-state index in [0.717, 1.165) is 23.5 Å². The summed E-state index contributed by atoms with van der Waals surface area (Å²) >= 11 is 1.15. The molecule has 1 aliphatic rings. The predicted molar refractivity (Wildman–Crippen MR) is 97.5 cm³/mol. The van der Waals surface area contributed by atoms with Gasteiger partial charge in [0.2, 0.25) is 15.9 Å². The molecule has 0 spiro atoms. The Morgan fingerprint density at radius 2 is 1.78 bits per heavy atom. The van der Waals surface area contributed by atoms with Gasteiger partial charge in [-0.05, 0) is 24.3 Å². The summed E-state index contributed by atoms with van der Waals surface area (Å²) in [5.74, 6) is -1.10. The van der Waals surface area contributed by atoms with Crippen LogP contribution < -0.4 is 5.32 Å². The van der Waals surface area contributed by atoms with Gasteiger partial charge in [-0.2, -0.15) is 4.31 Å². The average molecular weight is 412 g/mol. The third-order valence-corrected chi connectivity index (χ3v) is 6.65. The number of benzene rings is 1. The van der Waals surface area contributed by atoms with Gasteiger partial charge in [0.1, 0.15) is 11.5 Å². The SMILES string of the molecule is CC(=O)Nc1nc(C(=O)N2CCN(S(=O)(=O)c3ccc(F)cc3)CC2)cs1. The van der Waals surface area contributed by atoms with Crippen LogP contribution in [0.15, 0.2) is 34.5 Å². The molecular formula is C16H17FN4O4S2. The molecular weight excluding hydrogens is 395 g/mol. The zero-order valence-corrected chi connectivity index (χ0v) is 16.0. The summed E-state index contributed by atoms with van der Waals surface area (Å²) in [6, 6.07) is 4.64. The molecule has 0 unspecified atom stereocenters. The lowest BCUT2D eigenvalue weighted by Gasteiger charge is -2.33. The number of hydrogen-bond acceptors (Lipinski definition) is 6. The molecule has 1 aromatic carbocycles. The Balaban J connectivity index is 1.64. The van der Waals surface area contributed by atoms with E-state index >= 15 is 0 Å². The molecule has 0 atom stereocenters. The number of carbonyl (C=O) groups excluding carboxylic acids is 2. The highest BCUT2D eigenvalue weighted by molar-refractivity contribution is 7.89. The summed E-state index contributed by atoms with van der Waals surface area (Å²) in [5.41, 5.74) is 0.207. The van der Waals surface area contributed by atoms with Gasteiger partial charge in [-0.3, -0.25) is 9.59 Å². The first-order valence-electron chi connectivity index (χ1n) is 8.05. The first kappa shape index (κ1) is 19.4. The first-order valence-corrected chi connectivity index (χ1v) is 10.4. The van der Waals surface area contributed by atoms with Crippen LogP contribution in [0.1, 0.15) is 17.4 Å². The Morgan fingerprint density at radius 1 is 1.15 bits per heavy atom. The van der Waals surface area contributed by atoms with Crippen LogP contribution >= 0.6 is 11.3 Å². The number of nitrogens with one attached hydrogen (secondary N) is 1. The Labute approximate surface area is 159 Å². The third-order valence-electron chi connectivity index (χ3n) is 3.98. The van der Waals surface area contributed by atoms with E-state index in [4.69, 9.17) is 0 Å². The molecule has 3 rings (SSSR count). The fourth-order valence-corrected chi connectivity index (χ4v) is 4.78. The molecule has 27 heavy (non-hydrogen) atoms. The lowest BCUT2D eigenvalue weighted by Crippen LogP contribution is -2.50. The second-order valence-corrected chi connectivity index (χ2v) is 8.67. The third kappa shape index (κ3) is 4.31. The predicted octanol–water partition coefficient (Wildman–Crippen LogP) is 1.39. The lowest BCUT2D eigenvalue weighted by molar-refractivity contribution is -0.114. The van der Waals surface area contributed by atoms with E-state index < -0.39 is 15.8 Å². The highest BCUT2D eigenvalue weighted by atomic mass is 32.2. The van der Waals surface area contributed by atoms with Gasteiger partial charge < -0.3 is 10.2 Å². The highest BCUT2D eigenvalue weighted by Crippen LogP contribution is 2.20. The highest BCUT2D eigenvalue weighted by Gasteiger charge is 2.31. The maximum atomic E-state index is 13.0. The van der Waals surface area contributed by atoms with Crippen molar-refractivity contribution in [3.05, 3.63) is 41.2 Å². The fourth-order valence-electron chi connectivity index (χ4n) is 2.63. The zero-order chi connectivity index (χ0) is 19.6. The van der Waals surface area contributed by atoms with Gasteiger partial charge in [0.15, 0.2) is 5.13 Å². The molecule has 1 aromatic heterocycles. The van der Waals surface area contributed by atoms with E-state index in [2.05, 4.69) is 10.3 Å². The molecule has 144 valence electrons. The van der Waals surface area contributed by atoms with Gasteiger partial charge in [-0.1, -0.05) is 0 Å². The molecule has 2 heterocycles. The van der Waals surface area contributed by atoms with Crippen LogP contribution in [0.25, 0.3) is 0 Å². The van der Waals surface area contributed by atoms with Crippen molar-refractivity contribution in [3.8, 4) is 0 Å². The largest absolute Gasteiger partial charge is 0.335 e. The van der Waals surface area contributed by atoms with E-state index in [1.54, 1.807) is 5.38 Å². The number of amides is 2. The Kier molecular flexibility index (Phi) is 5.53. The molecule has 1 fully saturated rings. The van der Waals surface area contributed by atoms with Gasteiger partial charge in [0.05, 0.1) is 4.90 Å². The van der Waals surface area contributed by atoms with Crippen LogP contribution in [-0.4, -0.2) is 60.6 Å². The van der Waals surface area contributed by atoms with Crippen molar-refractivity contribution in [2.24, 2.45) is 0 Å². The van der Waals surface area contributed by atoms with Gasteiger partial charge in [-0.15, -0.1) is 11.3 Å². The molecule has 0 bridgehead atoms. The molecule has 1 N–H and O–H groups in total. The van der Waals surface area contributed by atoms with Crippen LogP contribution in [0, 0.1) is 5.82 Å². The van der Waals surface area contributed by atoms with E-state index in [-0.39, 0.29) is 48.6 Å². The summed E-state index contributed by atoms with van der Waals surface area (Å²) in [4.78, 5) is 29.2. The summed E-state index contributed by atoms with van der Waals surface area (Å²) in [5, 5.41) is 4.40. The molecule has 0 aliphatic carbocycles. The average Bonchev–Trinajstić information content (AvgIpc) is 3.09. The van der Waals surface area contributed by atoms with Crippen molar-refractivity contribution < 1.29 is 22.4 Å². The molecule has 1 saturated heterocycles. The number of rotatable bonds is 4. The minimum atomic E-state index is -3.73. The van der Waals surface area contributed by atoms with Gasteiger partial charge >= 0.3 is 0 Å². The smallest absolute Gasteiger partial charge is 0.273 e. The minimum Gasteiger partial charge on any atom is -0.335 e. The number of sulfonamides is 1. The normalized spacial score (nSPS) is 15.6. The van der Waals surface area contributed by atoms with Crippen LogP contribution in [0.4, 0.5) is 9.52 Å². The standard InChI is InChI=1S/C16H17FN4O4S2/c1-11(22)18-16-19-14(10-26-16)15(23)20-6-8-21(9-7-20)27(24,25)13-4-2-12(17)3-5-13/h2-5,10H,6-9H2,1H3,(H,18,19,22). The van der Waals surface area contributed by atoms with Crippen LogP contribution in [0.5, 0.6) is 0 Å². The number of thiazole rings is 1. The van der Waals surface area contributed by atoms with Crippen molar-refractivity contribution in [2.45, 2.75) is 11.8 Å². The van der Waals surface area contributed by atoms with Crippen LogP contribution in [0.2, 0.25) is 0 Å². The number of piperazine rings is 1. The monoisotopic (exact) mass is 412 g/mol. The molecule has 2 aromatic rings. The number of carbonyl (C=O) groups is 2. The van der Waals surface area contributed by atoms with Gasteiger partial charge in [0, 0.05) is 38.5 Å². The van der Waals surface area contributed by atoms with Crippen molar-refractivity contribution >= 4 is 38.3 Å². The summed E-state index contributed by atoms with van der Waals surface area (Å²) in [6.07, 6.45) is 0. The topological polar surface area (TPSA) is 99.7 Å². The van der Waals surface area contributed by atoms with Crippen molar-refractivity contribution in [3.63, 3.8) is 0 Å². The number of aromatic nitrogens is 1. The lowest BCUT2D eigenvalue weighted by atomic mass is 10.3. The number of halogens is 1. The van der Waals surface area contributed by atoms with Crippen molar-refractivity contribution in [1.82, 2.24) is 14.2 Å². The molecule has 8 nitrogen and oxygen atoms in total. The molecule has 2 amide bonds. The second-order valence-electron chi connectivity index (χ2n) is 5.87. The second kappa shape index (κ2) is 7.71. The van der Waals surface area contributed by atoms with E-state index in [0.29, 0.717) is 5.13 Å². The molecule has 11 heteroatoms. The summed E-state index contributed by atoms with van der Waals surface area (Å²) in [6.45, 7) is 2.05. The Bertz CT molecular complexity index is 951. The summed E-state index contributed by atoms with van der Waals surface area (Å²) < 4.78 is 39.5. The van der Waals surface area contributed by atoms with E-state index in [9.17, 15) is 22.4 Å². The molecule has 0 saturated carbocycles. The summed E-state index contributed by atoms with van der Waals surface area (Å²) in [7, 11) is -3.73. The van der Waals surface area contributed by atoms with Gasteiger partial charge in [0.25, 0.3) is 5.91 Å². The minimum absolute atomic E-state index is 0.0168. The Hall–Kier alpha value is -2.37. The van der Waals surface area contributed by atoms with E-state index in [1.165, 1.54) is 28.3 Å². The number of nitrogens with zero attached hydrogens (tertiary/aromatic N) is 3. The molecule has 1 aliphatic heterocycles. The van der Waals surface area contributed by atoms with Crippen LogP contribution in [0.3, 0.4) is 0 Å². The van der Waals surface area contributed by atoms with E-state index in [1.807, 2.05) is 0 Å². The van der Waals surface area contributed by atoms with Crippen LogP contribution in [-0.2, 0) is 14.8 Å². The fraction of sp³-hybridized carbons (Fsp3) is 0.312. The first-order chi connectivity index (χ1) is 12.8. The maximum absolute atomic E-state index is 13.0. The van der Waals surface area contributed by atoms with Gasteiger partial charge in [-0.25, -0.2) is 17.8 Å². The Morgan fingerprint density at radius 3 is 2.37 bits per heavy atom. The zero-order valence-electron chi connectivity index (χ0n) is 14.4. The van der Waals surface area contributed by atoms with Crippen molar-refractivity contribution in [2.75, 3.05) is 31.5 Å². The maximum Gasteiger partial charge on any atom is 0.273 e. The quantitative estimate of drug-likeness (QED) is 0.818. The number of hydrogen-bond donors (Lipinski definition) is 1. The van der Waals surface area contributed by atoms with Crippen molar-refractivity contribution in [1.29, 1.82) is 0 Å². The number of anilines is 1. The molecule has 0 radical (unpaired) electrons.